The molecular formula is C19H24BF2N3O. The van der Waals surface area contributed by atoms with E-state index < -0.39 is 11.6 Å². The molecule has 3 rings (SSSR count). The molecule has 2 aromatic rings. The fourth-order valence-electron chi connectivity index (χ4n) is 3.50. The van der Waals surface area contributed by atoms with Crippen molar-refractivity contribution >= 4 is 13.3 Å². The third kappa shape index (κ3) is 4.44. The van der Waals surface area contributed by atoms with Gasteiger partial charge in [-0.3, -0.25) is 0 Å². The third-order valence-corrected chi connectivity index (χ3v) is 4.89. The van der Waals surface area contributed by atoms with Gasteiger partial charge >= 0.3 is 0 Å². The predicted molar refractivity (Wildman–Crippen MR) is 97.6 cm³/mol. The second-order valence-electron chi connectivity index (χ2n) is 6.91. The first-order chi connectivity index (χ1) is 12.6. The van der Waals surface area contributed by atoms with E-state index in [4.69, 9.17) is 12.6 Å². The van der Waals surface area contributed by atoms with Crippen molar-refractivity contribution in [2.24, 2.45) is 5.92 Å². The summed E-state index contributed by atoms with van der Waals surface area (Å²) in [5.41, 5.74) is 1.31. The van der Waals surface area contributed by atoms with Crippen LogP contribution in [0.4, 0.5) is 8.78 Å². The monoisotopic (exact) mass is 359 g/mol. The first-order valence-corrected chi connectivity index (χ1v) is 9.15. The standard InChI is InChI=1S/C19H24BF2N3O/c1-23-10-17-18(20)19(25(24-17)11-13-5-3-2-4-6-13)26-12-14-9-15(21)7-8-16(14)22/h7-9,13,23H,2-6,10-12H2,1H3. The van der Waals surface area contributed by atoms with Crippen LogP contribution in [0.15, 0.2) is 18.2 Å². The minimum absolute atomic E-state index is 0.0941. The molecule has 138 valence electrons. The Morgan fingerprint density at radius 2 is 2.04 bits per heavy atom. The van der Waals surface area contributed by atoms with Gasteiger partial charge in [-0.1, -0.05) is 19.3 Å². The first-order valence-electron chi connectivity index (χ1n) is 9.15. The topological polar surface area (TPSA) is 39.1 Å². The molecular weight excluding hydrogens is 335 g/mol. The molecule has 26 heavy (non-hydrogen) atoms. The number of halogens is 2. The normalized spacial score (nSPS) is 15.3. The van der Waals surface area contributed by atoms with E-state index in [0.717, 1.165) is 24.7 Å². The van der Waals surface area contributed by atoms with Crippen molar-refractivity contribution in [3.8, 4) is 5.88 Å². The molecule has 1 fully saturated rings. The van der Waals surface area contributed by atoms with Gasteiger partial charge in [0.05, 0.1) is 5.69 Å². The lowest BCUT2D eigenvalue weighted by Gasteiger charge is -2.22. The summed E-state index contributed by atoms with van der Waals surface area (Å²) < 4.78 is 34.8. The molecule has 1 saturated carbocycles. The Morgan fingerprint density at radius 3 is 2.77 bits per heavy atom. The molecule has 1 N–H and O–H groups in total. The predicted octanol–water partition coefficient (Wildman–Crippen LogP) is 2.83. The lowest BCUT2D eigenvalue weighted by Crippen LogP contribution is -2.18. The van der Waals surface area contributed by atoms with Gasteiger partial charge in [0.1, 0.15) is 26.1 Å². The lowest BCUT2D eigenvalue weighted by atomic mass is 9.89. The summed E-state index contributed by atoms with van der Waals surface area (Å²) in [6.07, 6.45) is 6.08. The van der Waals surface area contributed by atoms with Crippen LogP contribution in [0.1, 0.15) is 43.4 Å². The third-order valence-electron chi connectivity index (χ3n) is 4.89. The molecule has 1 aliphatic rings. The largest absolute Gasteiger partial charge is 0.473 e. The Morgan fingerprint density at radius 1 is 1.27 bits per heavy atom. The summed E-state index contributed by atoms with van der Waals surface area (Å²) in [5.74, 6) is -0.0217. The molecule has 1 heterocycles. The van der Waals surface area contributed by atoms with Crippen molar-refractivity contribution in [2.75, 3.05) is 7.05 Å². The van der Waals surface area contributed by atoms with Crippen molar-refractivity contribution < 1.29 is 13.5 Å². The summed E-state index contributed by atoms with van der Waals surface area (Å²) in [4.78, 5) is 0. The highest BCUT2D eigenvalue weighted by Crippen LogP contribution is 2.26. The van der Waals surface area contributed by atoms with E-state index in [2.05, 4.69) is 10.4 Å². The number of hydrogen-bond donors (Lipinski definition) is 1. The van der Waals surface area contributed by atoms with Crippen molar-refractivity contribution in [2.45, 2.75) is 51.8 Å². The van der Waals surface area contributed by atoms with E-state index >= 15 is 0 Å². The molecule has 7 heteroatoms. The summed E-state index contributed by atoms with van der Waals surface area (Å²) in [6, 6.07) is 3.33. The van der Waals surface area contributed by atoms with E-state index in [1.54, 1.807) is 4.68 Å². The summed E-state index contributed by atoms with van der Waals surface area (Å²) in [5, 5.41) is 7.62. The maximum atomic E-state index is 13.9. The van der Waals surface area contributed by atoms with Gasteiger partial charge in [0.15, 0.2) is 0 Å². The average molecular weight is 359 g/mol. The zero-order chi connectivity index (χ0) is 18.5. The number of aromatic nitrogens is 2. The van der Waals surface area contributed by atoms with Crippen molar-refractivity contribution in [3.63, 3.8) is 0 Å². The van der Waals surface area contributed by atoms with Crippen molar-refractivity contribution in [1.82, 2.24) is 15.1 Å². The highest BCUT2D eigenvalue weighted by atomic mass is 19.1. The SMILES string of the molecule is [B]c1c(CNC)nn(CC2CCCCC2)c1OCc1cc(F)ccc1F. The van der Waals surface area contributed by atoms with Crippen LogP contribution in [0.2, 0.25) is 0 Å². The van der Waals surface area contributed by atoms with Crippen LogP contribution in [0, 0.1) is 17.6 Å². The molecule has 2 radical (unpaired) electrons. The Hall–Kier alpha value is -1.89. The van der Waals surface area contributed by atoms with Crippen molar-refractivity contribution in [1.29, 1.82) is 0 Å². The van der Waals surface area contributed by atoms with Gasteiger partial charge in [-0.2, -0.15) is 5.10 Å². The molecule has 1 aromatic heterocycles. The van der Waals surface area contributed by atoms with Gasteiger partial charge in [0, 0.05) is 18.7 Å². The Bertz CT molecular complexity index is 745. The molecule has 0 bridgehead atoms. The molecule has 0 amide bonds. The van der Waals surface area contributed by atoms with Gasteiger partial charge in [-0.15, -0.1) is 0 Å². The Labute approximate surface area is 154 Å². The number of nitrogens with one attached hydrogen (secondary N) is 1. The summed E-state index contributed by atoms with van der Waals surface area (Å²) >= 11 is 0. The summed E-state index contributed by atoms with van der Waals surface area (Å²) in [7, 11) is 8.03. The van der Waals surface area contributed by atoms with Gasteiger partial charge in [-0.05, 0) is 49.5 Å². The molecule has 0 aliphatic heterocycles. The highest BCUT2D eigenvalue weighted by Gasteiger charge is 2.20. The van der Waals surface area contributed by atoms with Crippen LogP contribution < -0.4 is 15.5 Å². The fourth-order valence-corrected chi connectivity index (χ4v) is 3.50. The molecule has 4 nitrogen and oxygen atoms in total. The van der Waals surface area contributed by atoms with Crippen LogP contribution in [-0.2, 0) is 19.7 Å². The second-order valence-corrected chi connectivity index (χ2v) is 6.91. The number of rotatable bonds is 7. The molecule has 0 spiro atoms. The highest BCUT2D eigenvalue weighted by molar-refractivity contribution is 6.34. The van der Waals surface area contributed by atoms with Crippen LogP contribution in [0.25, 0.3) is 0 Å². The van der Waals surface area contributed by atoms with Crippen LogP contribution >= 0.6 is 0 Å². The first kappa shape index (κ1) is 18.9. The molecule has 0 unspecified atom stereocenters. The second kappa shape index (κ2) is 8.67. The number of ether oxygens (including phenoxy) is 1. The number of benzene rings is 1. The average Bonchev–Trinajstić information content (AvgIpc) is 2.92. The van der Waals surface area contributed by atoms with E-state index in [1.165, 1.54) is 32.1 Å². The molecule has 0 saturated heterocycles. The lowest BCUT2D eigenvalue weighted by molar-refractivity contribution is 0.243. The van der Waals surface area contributed by atoms with Gasteiger partial charge in [0.2, 0.25) is 5.88 Å². The maximum Gasteiger partial charge on any atom is 0.204 e. The van der Waals surface area contributed by atoms with Gasteiger partial charge in [-0.25, -0.2) is 13.5 Å². The minimum Gasteiger partial charge on any atom is -0.473 e. The fraction of sp³-hybridized carbons (Fsp3) is 0.526. The smallest absolute Gasteiger partial charge is 0.204 e. The molecule has 1 aliphatic carbocycles. The van der Waals surface area contributed by atoms with Crippen LogP contribution in [0.5, 0.6) is 5.88 Å². The maximum absolute atomic E-state index is 13.9. The van der Waals surface area contributed by atoms with E-state index in [-0.39, 0.29) is 12.2 Å². The minimum atomic E-state index is -0.501. The van der Waals surface area contributed by atoms with E-state index in [9.17, 15) is 8.78 Å². The van der Waals surface area contributed by atoms with Gasteiger partial charge < -0.3 is 10.1 Å². The summed E-state index contributed by atoms with van der Waals surface area (Å²) in [6.45, 7) is 1.16. The Kier molecular flexibility index (Phi) is 6.30. The number of hydrogen-bond acceptors (Lipinski definition) is 3. The van der Waals surface area contributed by atoms with Crippen LogP contribution in [-0.4, -0.2) is 24.7 Å². The Balaban J connectivity index is 1.80. The van der Waals surface area contributed by atoms with Gasteiger partial charge in [0.25, 0.3) is 0 Å². The van der Waals surface area contributed by atoms with Crippen LogP contribution in [0.3, 0.4) is 0 Å². The number of nitrogens with zero attached hydrogens (tertiary/aromatic N) is 2. The van der Waals surface area contributed by atoms with Crippen molar-refractivity contribution in [3.05, 3.63) is 41.1 Å². The molecule has 0 atom stereocenters. The van der Waals surface area contributed by atoms with E-state index in [1.807, 2.05) is 7.05 Å². The molecule has 1 aromatic carbocycles. The quantitative estimate of drug-likeness (QED) is 0.773. The zero-order valence-corrected chi connectivity index (χ0v) is 15.1. The zero-order valence-electron chi connectivity index (χ0n) is 15.1. The van der Waals surface area contributed by atoms with E-state index in [0.29, 0.717) is 29.5 Å².